The molecule has 1 aliphatic heterocycles. The number of hydrogen-bond acceptors (Lipinski definition) is 4. The summed E-state index contributed by atoms with van der Waals surface area (Å²) in [5.41, 5.74) is 1.84. The number of fused-ring (bicyclic) bond motifs is 2. The highest BCUT2D eigenvalue weighted by atomic mass is 32.2. The highest BCUT2D eigenvalue weighted by Gasteiger charge is 2.37. The van der Waals surface area contributed by atoms with E-state index in [2.05, 4.69) is 0 Å². The van der Waals surface area contributed by atoms with Crippen LogP contribution in [0, 0.1) is 0 Å². The highest BCUT2D eigenvalue weighted by Crippen LogP contribution is 2.43. The van der Waals surface area contributed by atoms with E-state index in [-0.39, 0.29) is 4.90 Å². The topological polar surface area (TPSA) is 63.7 Å². The van der Waals surface area contributed by atoms with Crippen LogP contribution in [0.15, 0.2) is 65.6 Å². The average molecular weight is 393 g/mol. The molecule has 6 heteroatoms. The van der Waals surface area contributed by atoms with Crippen molar-refractivity contribution in [3.8, 4) is 0 Å². The molecule has 0 fully saturated rings. The standard InChI is InChI=1S/C22H19NO4S/c1-3-27-22-18-10-6-7-11-19(18)28(25,26)23(2)21(22)20-16(14-24)13-12-15-8-4-5-9-17(15)20/h4-14H,3H2,1-2H3. The van der Waals surface area contributed by atoms with Crippen molar-refractivity contribution < 1.29 is 17.9 Å². The van der Waals surface area contributed by atoms with Crippen molar-refractivity contribution in [3.05, 3.63) is 77.4 Å². The predicted molar refractivity (Wildman–Crippen MR) is 109 cm³/mol. The highest BCUT2D eigenvalue weighted by molar-refractivity contribution is 7.89. The number of carbonyl (C=O) groups is 1. The van der Waals surface area contributed by atoms with Crippen LogP contribution in [0.3, 0.4) is 0 Å². The third-order valence-corrected chi connectivity index (χ3v) is 6.73. The van der Waals surface area contributed by atoms with Gasteiger partial charge in [-0.05, 0) is 29.8 Å². The van der Waals surface area contributed by atoms with Crippen LogP contribution in [0.2, 0.25) is 0 Å². The zero-order chi connectivity index (χ0) is 19.9. The Hall–Kier alpha value is -3.12. The first-order chi connectivity index (χ1) is 13.5. The van der Waals surface area contributed by atoms with Gasteiger partial charge in [-0.2, -0.15) is 0 Å². The fraction of sp³-hybridized carbons (Fsp3) is 0.136. The number of nitrogens with zero attached hydrogens (tertiary/aromatic N) is 1. The molecule has 0 unspecified atom stereocenters. The van der Waals surface area contributed by atoms with E-state index in [0.29, 0.717) is 34.8 Å². The lowest BCUT2D eigenvalue weighted by atomic mass is 9.95. The van der Waals surface area contributed by atoms with Gasteiger partial charge in [0.25, 0.3) is 10.0 Å². The first-order valence-electron chi connectivity index (χ1n) is 8.93. The molecule has 0 aromatic heterocycles. The molecule has 1 heterocycles. The molecule has 0 amide bonds. The van der Waals surface area contributed by atoms with Gasteiger partial charge in [-0.15, -0.1) is 0 Å². The fourth-order valence-electron chi connectivity index (χ4n) is 3.63. The SMILES string of the molecule is CCOC1=C(c2c(C=O)ccc3ccccc23)N(C)S(=O)(=O)c2ccccc21. The smallest absolute Gasteiger partial charge is 0.264 e. The van der Waals surface area contributed by atoms with Crippen LogP contribution in [0.4, 0.5) is 0 Å². The minimum Gasteiger partial charge on any atom is -0.491 e. The zero-order valence-electron chi connectivity index (χ0n) is 15.5. The molecule has 1 aliphatic rings. The van der Waals surface area contributed by atoms with E-state index in [1.807, 2.05) is 37.3 Å². The van der Waals surface area contributed by atoms with Crippen molar-refractivity contribution in [3.63, 3.8) is 0 Å². The number of sulfonamides is 1. The second-order valence-corrected chi connectivity index (χ2v) is 8.39. The minimum atomic E-state index is -3.78. The van der Waals surface area contributed by atoms with Gasteiger partial charge < -0.3 is 4.74 Å². The lowest BCUT2D eigenvalue weighted by Gasteiger charge is -2.32. The molecule has 5 nitrogen and oxygen atoms in total. The predicted octanol–water partition coefficient (Wildman–Crippen LogP) is 4.15. The van der Waals surface area contributed by atoms with Crippen LogP contribution < -0.4 is 0 Å². The van der Waals surface area contributed by atoms with Gasteiger partial charge in [-0.3, -0.25) is 9.10 Å². The van der Waals surface area contributed by atoms with Gasteiger partial charge in [0.05, 0.1) is 11.5 Å². The van der Waals surface area contributed by atoms with Crippen molar-refractivity contribution in [1.82, 2.24) is 4.31 Å². The molecule has 4 rings (SSSR count). The van der Waals surface area contributed by atoms with Crippen LogP contribution in [0.1, 0.15) is 28.4 Å². The molecule has 0 spiro atoms. The molecule has 142 valence electrons. The summed E-state index contributed by atoms with van der Waals surface area (Å²) in [6.07, 6.45) is 0.749. The molecule has 0 bridgehead atoms. The largest absolute Gasteiger partial charge is 0.491 e. The van der Waals surface area contributed by atoms with Crippen LogP contribution in [-0.2, 0) is 14.8 Å². The van der Waals surface area contributed by atoms with Gasteiger partial charge in [0, 0.05) is 23.7 Å². The van der Waals surface area contributed by atoms with Gasteiger partial charge in [-0.25, -0.2) is 8.42 Å². The fourth-order valence-corrected chi connectivity index (χ4v) is 5.03. The van der Waals surface area contributed by atoms with E-state index in [1.165, 1.54) is 11.4 Å². The molecule has 28 heavy (non-hydrogen) atoms. The maximum Gasteiger partial charge on any atom is 0.264 e. The van der Waals surface area contributed by atoms with Crippen molar-refractivity contribution in [2.24, 2.45) is 0 Å². The van der Waals surface area contributed by atoms with Gasteiger partial charge in [0.2, 0.25) is 0 Å². The summed E-state index contributed by atoms with van der Waals surface area (Å²) in [5, 5.41) is 1.71. The van der Waals surface area contributed by atoms with Crippen molar-refractivity contribution in [2.45, 2.75) is 11.8 Å². The van der Waals surface area contributed by atoms with E-state index in [9.17, 15) is 13.2 Å². The third-order valence-electron chi connectivity index (χ3n) is 4.91. The third kappa shape index (κ3) is 2.60. The Morgan fingerprint density at radius 2 is 1.71 bits per heavy atom. The summed E-state index contributed by atoms with van der Waals surface area (Å²) in [7, 11) is -2.29. The normalized spacial score (nSPS) is 15.4. The maximum absolute atomic E-state index is 13.2. The summed E-state index contributed by atoms with van der Waals surface area (Å²) in [6, 6.07) is 17.9. The zero-order valence-corrected chi connectivity index (χ0v) is 16.4. The van der Waals surface area contributed by atoms with Crippen LogP contribution >= 0.6 is 0 Å². The molecule has 0 aliphatic carbocycles. The number of benzene rings is 3. The monoisotopic (exact) mass is 393 g/mol. The molecular formula is C22H19NO4S. The summed E-state index contributed by atoms with van der Waals surface area (Å²) >= 11 is 0. The molecule has 0 saturated carbocycles. The summed E-state index contributed by atoms with van der Waals surface area (Å²) in [5.74, 6) is 0.454. The first kappa shape index (κ1) is 18.3. The maximum atomic E-state index is 13.2. The number of carbonyl (C=O) groups excluding carboxylic acids is 1. The van der Waals surface area contributed by atoms with E-state index < -0.39 is 10.0 Å². The molecular weight excluding hydrogens is 374 g/mol. The van der Waals surface area contributed by atoms with Crippen LogP contribution in [0.5, 0.6) is 0 Å². The molecule has 3 aromatic carbocycles. The second-order valence-electron chi connectivity index (χ2n) is 6.45. The number of aldehydes is 1. The Kier molecular flexibility index (Phi) is 4.43. The van der Waals surface area contributed by atoms with E-state index in [1.54, 1.807) is 30.3 Å². The average Bonchev–Trinajstić information content (AvgIpc) is 2.72. The Morgan fingerprint density at radius 3 is 2.46 bits per heavy atom. The molecule has 0 atom stereocenters. The van der Waals surface area contributed by atoms with Gasteiger partial charge >= 0.3 is 0 Å². The Balaban J connectivity index is 2.19. The number of hydrogen-bond donors (Lipinski definition) is 0. The minimum absolute atomic E-state index is 0.192. The molecule has 3 aromatic rings. The first-order valence-corrected chi connectivity index (χ1v) is 10.4. The lowest BCUT2D eigenvalue weighted by Crippen LogP contribution is -2.31. The Morgan fingerprint density at radius 1 is 1.00 bits per heavy atom. The summed E-state index contributed by atoms with van der Waals surface area (Å²) in [6.45, 7) is 2.21. The summed E-state index contributed by atoms with van der Waals surface area (Å²) in [4.78, 5) is 12.1. The lowest BCUT2D eigenvalue weighted by molar-refractivity contribution is 0.112. The van der Waals surface area contributed by atoms with Crippen molar-refractivity contribution in [1.29, 1.82) is 0 Å². The number of rotatable bonds is 4. The van der Waals surface area contributed by atoms with Crippen molar-refractivity contribution in [2.75, 3.05) is 13.7 Å². The van der Waals surface area contributed by atoms with Crippen LogP contribution in [-0.4, -0.2) is 32.7 Å². The molecule has 0 N–H and O–H groups in total. The quantitative estimate of drug-likeness (QED) is 0.625. The Bertz CT molecular complexity index is 1230. The van der Waals surface area contributed by atoms with E-state index in [4.69, 9.17) is 4.74 Å². The van der Waals surface area contributed by atoms with E-state index in [0.717, 1.165) is 17.1 Å². The Labute approximate surface area is 163 Å². The molecule has 0 radical (unpaired) electrons. The van der Waals surface area contributed by atoms with Crippen molar-refractivity contribution >= 4 is 38.5 Å². The second kappa shape index (κ2) is 6.80. The van der Waals surface area contributed by atoms with Gasteiger partial charge in [0.15, 0.2) is 12.0 Å². The number of ether oxygens (including phenoxy) is 1. The summed E-state index contributed by atoms with van der Waals surface area (Å²) < 4.78 is 33.6. The van der Waals surface area contributed by atoms with Gasteiger partial charge in [0.1, 0.15) is 5.70 Å². The van der Waals surface area contributed by atoms with E-state index >= 15 is 0 Å². The van der Waals surface area contributed by atoms with Crippen LogP contribution in [0.25, 0.3) is 22.2 Å². The van der Waals surface area contributed by atoms with Gasteiger partial charge in [-0.1, -0.05) is 48.5 Å². The molecule has 0 saturated heterocycles.